The molecule has 2 heterocycles. The molecule has 2 fully saturated rings. The van der Waals surface area contributed by atoms with Crippen LogP contribution in [0.4, 0.5) is 0 Å². The minimum atomic E-state index is 0.117. The van der Waals surface area contributed by atoms with Gasteiger partial charge in [-0.25, -0.2) is 0 Å². The highest BCUT2D eigenvalue weighted by Gasteiger charge is 2.46. The van der Waals surface area contributed by atoms with Gasteiger partial charge in [0.15, 0.2) is 0 Å². The Labute approximate surface area is 107 Å². The Hall–Kier alpha value is -0.760. The van der Waals surface area contributed by atoms with Gasteiger partial charge in [-0.3, -0.25) is 4.79 Å². The summed E-state index contributed by atoms with van der Waals surface area (Å²) >= 11 is 2.05. The van der Waals surface area contributed by atoms with E-state index in [0.29, 0.717) is 11.0 Å². The molecule has 2 atom stereocenters. The monoisotopic (exact) mass is 246 g/mol. The quantitative estimate of drug-likeness (QED) is 0.791. The van der Waals surface area contributed by atoms with Crippen LogP contribution in [-0.4, -0.2) is 11.0 Å². The number of ketones is 1. The van der Waals surface area contributed by atoms with E-state index in [9.17, 15) is 4.79 Å². The molecule has 2 heteroatoms. The molecule has 1 nitrogen and oxygen atoms in total. The van der Waals surface area contributed by atoms with E-state index in [0.717, 1.165) is 19.3 Å². The van der Waals surface area contributed by atoms with E-state index in [1.165, 1.54) is 24.0 Å². The Morgan fingerprint density at radius 3 is 2.82 bits per heavy atom. The molecule has 1 aromatic carbocycles. The first-order valence-electron chi connectivity index (χ1n) is 6.51. The summed E-state index contributed by atoms with van der Waals surface area (Å²) in [6, 6.07) is 8.92. The number of aryl methyl sites for hydroxylation is 1. The van der Waals surface area contributed by atoms with Crippen molar-refractivity contribution in [1.82, 2.24) is 0 Å². The summed E-state index contributed by atoms with van der Waals surface area (Å²) in [5.74, 6) is 0.464. The van der Waals surface area contributed by atoms with Crippen LogP contribution in [0.25, 0.3) is 0 Å². The number of carbonyl (C=O) groups is 1. The van der Waals surface area contributed by atoms with E-state index < -0.39 is 0 Å². The van der Waals surface area contributed by atoms with Crippen LogP contribution in [0.5, 0.6) is 0 Å². The fraction of sp³-hybridized carbons (Fsp3) is 0.533. The summed E-state index contributed by atoms with van der Waals surface area (Å²) in [6.45, 7) is 2.18. The fourth-order valence-corrected chi connectivity index (χ4v) is 5.00. The van der Waals surface area contributed by atoms with E-state index >= 15 is 0 Å². The molecular weight excluding hydrogens is 228 g/mol. The molecule has 0 N–H and O–H groups in total. The summed E-state index contributed by atoms with van der Waals surface area (Å²) in [5, 5.41) is 0.585. The number of fused-ring (bicyclic) bond motifs is 2. The minimum Gasteiger partial charge on any atom is -0.300 e. The summed E-state index contributed by atoms with van der Waals surface area (Å²) in [4.78, 5) is 11.8. The van der Waals surface area contributed by atoms with Gasteiger partial charge >= 0.3 is 0 Å². The van der Waals surface area contributed by atoms with Crippen LogP contribution in [0.15, 0.2) is 24.3 Å². The van der Waals surface area contributed by atoms with Gasteiger partial charge in [-0.2, -0.15) is 0 Å². The first-order chi connectivity index (χ1) is 8.22. The number of benzene rings is 1. The Balaban J connectivity index is 1.93. The van der Waals surface area contributed by atoms with Gasteiger partial charge in [0, 0.05) is 22.8 Å². The van der Waals surface area contributed by atoms with E-state index in [1.54, 1.807) is 0 Å². The second-order valence-corrected chi connectivity index (χ2v) is 6.93. The predicted molar refractivity (Wildman–Crippen MR) is 72.4 cm³/mol. The standard InChI is InChI=1S/C15H18OS/c1-2-11-3-5-12(6-4-11)15-8-7-14(17-15)9-13(16)10-15/h3-6,14H,2,7-10H2,1H3. The van der Waals surface area contributed by atoms with Crippen molar-refractivity contribution in [3.8, 4) is 0 Å². The molecule has 3 rings (SSSR count). The molecule has 17 heavy (non-hydrogen) atoms. The molecule has 0 aromatic heterocycles. The fourth-order valence-electron chi connectivity index (χ4n) is 3.11. The summed E-state index contributed by atoms with van der Waals surface area (Å²) in [5.41, 5.74) is 2.75. The molecule has 0 radical (unpaired) electrons. The molecule has 2 aliphatic heterocycles. The number of hydrogen-bond acceptors (Lipinski definition) is 2. The van der Waals surface area contributed by atoms with Gasteiger partial charge in [-0.05, 0) is 30.4 Å². The van der Waals surface area contributed by atoms with Crippen molar-refractivity contribution in [1.29, 1.82) is 0 Å². The zero-order valence-electron chi connectivity index (χ0n) is 10.2. The van der Waals surface area contributed by atoms with Crippen LogP contribution in [0.1, 0.15) is 43.7 Å². The lowest BCUT2D eigenvalue weighted by atomic mass is 9.89. The highest BCUT2D eigenvalue weighted by Crippen LogP contribution is 2.57. The first kappa shape index (κ1) is 11.3. The summed E-state index contributed by atoms with van der Waals surface area (Å²) < 4.78 is 0.117. The van der Waals surface area contributed by atoms with Crippen molar-refractivity contribution in [3.63, 3.8) is 0 Å². The van der Waals surface area contributed by atoms with Crippen LogP contribution in [0.3, 0.4) is 0 Å². The molecule has 2 saturated heterocycles. The maximum atomic E-state index is 11.8. The topological polar surface area (TPSA) is 17.1 Å². The minimum absolute atomic E-state index is 0.117. The molecule has 2 unspecified atom stereocenters. The average molecular weight is 246 g/mol. The van der Waals surface area contributed by atoms with E-state index in [4.69, 9.17) is 0 Å². The molecule has 0 aliphatic carbocycles. The Morgan fingerprint density at radius 2 is 2.12 bits per heavy atom. The van der Waals surface area contributed by atoms with Gasteiger partial charge in [0.1, 0.15) is 5.78 Å². The number of hydrogen-bond donors (Lipinski definition) is 0. The lowest BCUT2D eigenvalue weighted by Crippen LogP contribution is -2.27. The molecular formula is C15H18OS. The number of thioether (sulfide) groups is 1. The Morgan fingerprint density at radius 1 is 1.35 bits per heavy atom. The molecule has 0 saturated carbocycles. The highest BCUT2D eigenvalue weighted by atomic mass is 32.2. The SMILES string of the molecule is CCc1ccc(C23CCC(CC(=O)C2)S3)cc1. The van der Waals surface area contributed by atoms with Crippen LogP contribution in [0.2, 0.25) is 0 Å². The number of Topliss-reactive ketones (excluding diaryl/α,β-unsaturated/α-hetero) is 1. The van der Waals surface area contributed by atoms with Crippen molar-refractivity contribution in [2.24, 2.45) is 0 Å². The smallest absolute Gasteiger partial charge is 0.135 e. The largest absolute Gasteiger partial charge is 0.300 e. The first-order valence-corrected chi connectivity index (χ1v) is 7.39. The zero-order valence-corrected chi connectivity index (χ0v) is 11.1. The van der Waals surface area contributed by atoms with Crippen molar-refractivity contribution in [2.75, 3.05) is 0 Å². The second-order valence-electron chi connectivity index (χ2n) is 5.24. The maximum absolute atomic E-state index is 11.8. The molecule has 0 spiro atoms. The normalized spacial score (nSPS) is 31.8. The number of rotatable bonds is 2. The lowest BCUT2D eigenvalue weighted by Gasteiger charge is -2.32. The van der Waals surface area contributed by atoms with Crippen molar-refractivity contribution in [2.45, 2.75) is 49.0 Å². The van der Waals surface area contributed by atoms with Gasteiger partial charge in [-0.1, -0.05) is 31.2 Å². The molecule has 0 amide bonds. The lowest BCUT2D eigenvalue weighted by molar-refractivity contribution is -0.119. The van der Waals surface area contributed by atoms with Gasteiger partial charge in [0.2, 0.25) is 0 Å². The van der Waals surface area contributed by atoms with Crippen molar-refractivity contribution in [3.05, 3.63) is 35.4 Å². The molecule has 2 bridgehead atoms. The van der Waals surface area contributed by atoms with Crippen LogP contribution in [0, 0.1) is 0 Å². The van der Waals surface area contributed by atoms with Gasteiger partial charge in [-0.15, -0.1) is 11.8 Å². The van der Waals surface area contributed by atoms with Crippen LogP contribution in [-0.2, 0) is 16.0 Å². The zero-order chi connectivity index (χ0) is 11.9. The van der Waals surface area contributed by atoms with Crippen LogP contribution < -0.4 is 0 Å². The van der Waals surface area contributed by atoms with Gasteiger partial charge in [0.05, 0.1) is 0 Å². The van der Waals surface area contributed by atoms with E-state index in [-0.39, 0.29) is 4.75 Å². The molecule has 2 aliphatic rings. The molecule has 1 aromatic rings. The Bertz CT molecular complexity index is 437. The molecule has 90 valence electrons. The maximum Gasteiger partial charge on any atom is 0.135 e. The Kier molecular flexibility index (Phi) is 2.78. The van der Waals surface area contributed by atoms with E-state index in [2.05, 4.69) is 31.2 Å². The highest BCUT2D eigenvalue weighted by molar-refractivity contribution is 8.01. The van der Waals surface area contributed by atoms with Gasteiger partial charge in [0.25, 0.3) is 0 Å². The third-order valence-corrected chi connectivity index (χ3v) is 5.86. The summed E-state index contributed by atoms with van der Waals surface area (Å²) in [6.07, 6.45) is 5.03. The summed E-state index contributed by atoms with van der Waals surface area (Å²) in [7, 11) is 0. The third-order valence-electron chi connectivity index (χ3n) is 4.09. The van der Waals surface area contributed by atoms with E-state index in [1.807, 2.05) is 11.8 Å². The van der Waals surface area contributed by atoms with Crippen molar-refractivity contribution < 1.29 is 4.79 Å². The second kappa shape index (κ2) is 4.16. The number of carbonyl (C=O) groups excluding carboxylic acids is 1. The predicted octanol–water partition coefficient (Wildman–Crippen LogP) is 3.70. The average Bonchev–Trinajstić information content (AvgIpc) is 2.66. The van der Waals surface area contributed by atoms with Crippen LogP contribution >= 0.6 is 11.8 Å². The van der Waals surface area contributed by atoms with Gasteiger partial charge < -0.3 is 0 Å². The van der Waals surface area contributed by atoms with Crippen molar-refractivity contribution >= 4 is 17.5 Å². The third kappa shape index (κ3) is 1.93.